The van der Waals surface area contributed by atoms with Gasteiger partial charge in [-0.25, -0.2) is 22.9 Å². The first-order valence-corrected chi connectivity index (χ1v) is 10.3. The lowest BCUT2D eigenvalue weighted by Crippen LogP contribution is -2.22. The molecule has 0 saturated heterocycles. The number of carboxylic acid groups (broad SMARTS) is 1. The summed E-state index contributed by atoms with van der Waals surface area (Å²) in [6.07, 6.45) is 0.269. The minimum absolute atomic E-state index is 0.143. The van der Waals surface area contributed by atoms with Gasteiger partial charge in [-0.2, -0.15) is 0 Å². The van der Waals surface area contributed by atoms with Crippen LogP contribution in [0.15, 0.2) is 54.7 Å². The van der Waals surface area contributed by atoms with Crippen molar-refractivity contribution in [3.63, 3.8) is 0 Å². The number of carbonyl (C=O) groups is 2. The summed E-state index contributed by atoms with van der Waals surface area (Å²) in [5.74, 6) is -2.47. The van der Waals surface area contributed by atoms with Gasteiger partial charge in [0.1, 0.15) is 29.8 Å². The molecule has 3 N–H and O–H groups in total. The number of benzene rings is 2. The van der Waals surface area contributed by atoms with E-state index >= 15 is 0 Å². The Labute approximate surface area is 197 Å². The molecule has 2 heterocycles. The number of ether oxygens (including phenoxy) is 1. The molecule has 8 nitrogen and oxygen atoms in total. The van der Waals surface area contributed by atoms with Crippen LogP contribution >= 0.6 is 0 Å². The Bertz CT molecular complexity index is 1420. The number of aromatic nitrogens is 2. The Morgan fingerprint density at radius 3 is 2.54 bits per heavy atom. The molecule has 0 radical (unpaired) electrons. The Morgan fingerprint density at radius 2 is 1.83 bits per heavy atom. The molecule has 0 aliphatic rings. The lowest BCUT2D eigenvalue weighted by atomic mass is 10.1. The third-order valence-electron chi connectivity index (χ3n) is 5.18. The first-order chi connectivity index (χ1) is 16.7. The highest BCUT2D eigenvalue weighted by molar-refractivity contribution is 6.05. The van der Waals surface area contributed by atoms with E-state index in [0.717, 1.165) is 24.3 Å². The van der Waals surface area contributed by atoms with Crippen LogP contribution in [-0.4, -0.2) is 26.5 Å². The molecule has 0 spiro atoms. The number of nitrogens with zero attached hydrogens (tertiary/aromatic N) is 2. The summed E-state index contributed by atoms with van der Waals surface area (Å²) in [5.41, 5.74) is 0.922. The van der Waals surface area contributed by atoms with Crippen molar-refractivity contribution in [2.24, 2.45) is 0 Å². The second-order valence-corrected chi connectivity index (χ2v) is 7.52. The number of carbonyl (C=O) groups excluding carboxylic acids is 1. The second kappa shape index (κ2) is 9.75. The van der Waals surface area contributed by atoms with Gasteiger partial charge in [-0.05, 0) is 55.0 Å². The van der Waals surface area contributed by atoms with Crippen LogP contribution in [0.25, 0.3) is 5.65 Å². The van der Waals surface area contributed by atoms with Crippen LogP contribution in [0.4, 0.5) is 23.7 Å². The van der Waals surface area contributed by atoms with E-state index in [9.17, 15) is 22.8 Å². The van der Waals surface area contributed by atoms with E-state index in [2.05, 4.69) is 15.6 Å². The minimum atomic E-state index is -1.30. The molecule has 4 rings (SSSR count). The number of amides is 2. The van der Waals surface area contributed by atoms with Crippen LogP contribution in [0.1, 0.15) is 27.3 Å². The lowest BCUT2D eigenvalue weighted by Gasteiger charge is -2.12. The summed E-state index contributed by atoms with van der Waals surface area (Å²) in [4.78, 5) is 28.3. The van der Waals surface area contributed by atoms with Gasteiger partial charge < -0.3 is 20.5 Å². The average Bonchev–Trinajstić information content (AvgIpc) is 3.15. The maximum atomic E-state index is 14.0. The third kappa shape index (κ3) is 5.03. The van der Waals surface area contributed by atoms with E-state index < -0.39 is 29.5 Å². The molecule has 0 unspecified atom stereocenters. The number of fused-ring (bicyclic) bond motifs is 1. The number of pyridine rings is 1. The maximum absolute atomic E-state index is 14.0. The molecule has 0 fully saturated rings. The largest absolute Gasteiger partial charge is 0.485 e. The van der Waals surface area contributed by atoms with Crippen molar-refractivity contribution in [2.75, 3.05) is 5.32 Å². The van der Waals surface area contributed by atoms with Crippen LogP contribution in [0.2, 0.25) is 0 Å². The molecular weight excluding hydrogens is 465 g/mol. The number of rotatable bonds is 7. The molecule has 2 aromatic heterocycles. The number of imidazole rings is 1. The van der Waals surface area contributed by atoms with Gasteiger partial charge in [0.2, 0.25) is 0 Å². The van der Waals surface area contributed by atoms with E-state index in [1.54, 1.807) is 25.3 Å². The molecule has 0 saturated carbocycles. The Hall–Kier alpha value is -4.54. The van der Waals surface area contributed by atoms with E-state index in [1.165, 1.54) is 16.5 Å². The predicted molar refractivity (Wildman–Crippen MR) is 120 cm³/mol. The second-order valence-electron chi connectivity index (χ2n) is 7.52. The van der Waals surface area contributed by atoms with Crippen molar-refractivity contribution in [1.82, 2.24) is 14.7 Å². The fraction of sp³-hybridized carbons (Fsp3) is 0.125. The molecule has 0 bridgehead atoms. The maximum Gasteiger partial charge on any atom is 0.404 e. The smallest absolute Gasteiger partial charge is 0.404 e. The summed E-state index contributed by atoms with van der Waals surface area (Å²) in [6, 6.07) is 10.2. The van der Waals surface area contributed by atoms with Gasteiger partial charge in [0, 0.05) is 18.4 Å². The molecule has 0 atom stereocenters. The Balaban J connectivity index is 1.62. The van der Waals surface area contributed by atoms with Gasteiger partial charge >= 0.3 is 6.09 Å². The van der Waals surface area contributed by atoms with Crippen LogP contribution in [0, 0.1) is 24.4 Å². The first-order valence-electron chi connectivity index (χ1n) is 10.3. The number of hydrogen-bond acceptors (Lipinski definition) is 4. The molecule has 180 valence electrons. The van der Waals surface area contributed by atoms with Crippen LogP contribution in [0.5, 0.6) is 5.75 Å². The van der Waals surface area contributed by atoms with Gasteiger partial charge in [0.05, 0.1) is 11.3 Å². The first kappa shape index (κ1) is 23.6. The van der Waals surface area contributed by atoms with Crippen LogP contribution < -0.4 is 15.4 Å². The highest BCUT2D eigenvalue weighted by Gasteiger charge is 2.21. The molecule has 0 aliphatic heterocycles. The van der Waals surface area contributed by atoms with Gasteiger partial charge in [-0.3, -0.25) is 9.20 Å². The molecule has 35 heavy (non-hydrogen) atoms. The van der Waals surface area contributed by atoms with Crippen molar-refractivity contribution < 1.29 is 32.6 Å². The third-order valence-corrected chi connectivity index (χ3v) is 5.18. The molecular formula is C24H19F3N4O4. The van der Waals surface area contributed by atoms with Gasteiger partial charge in [0.25, 0.3) is 5.91 Å². The summed E-state index contributed by atoms with van der Waals surface area (Å²) in [7, 11) is 0. The van der Waals surface area contributed by atoms with Crippen LogP contribution in [-0.2, 0) is 13.2 Å². The summed E-state index contributed by atoms with van der Waals surface area (Å²) >= 11 is 0. The Morgan fingerprint density at radius 1 is 1.09 bits per heavy atom. The zero-order valence-electron chi connectivity index (χ0n) is 18.3. The molecule has 4 aromatic rings. The number of nitrogens with one attached hydrogen (secondary N) is 2. The monoisotopic (exact) mass is 484 g/mol. The van der Waals surface area contributed by atoms with Crippen molar-refractivity contribution in [3.8, 4) is 5.75 Å². The van der Waals surface area contributed by atoms with Crippen LogP contribution in [0.3, 0.4) is 0 Å². The molecule has 0 aliphatic carbocycles. The van der Waals surface area contributed by atoms with Gasteiger partial charge in [-0.1, -0.05) is 6.07 Å². The highest BCUT2D eigenvalue weighted by Crippen LogP contribution is 2.25. The number of hydrogen-bond donors (Lipinski definition) is 3. The quantitative estimate of drug-likeness (QED) is 0.354. The van der Waals surface area contributed by atoms with Crippen molar-refractivity contribution in [1.29, 1.82) is 0 Å². The summed E-state index contributed by atoms with van der Waals surface area (Å²) in [5, 5.41) is 13.6. The van der Waals surface area contributed by atoms with E-state index in [1.807, 2.05) is 0 Å². The normalized spacial score (nSPS) is 10.9. The number of anilines is 1. The molecule has 11 heteroatoms. The zero-order chi connectivity index (χ0) is 25.1. The van der Waals surface area contributed by atoms with Crippen molar-refractivity contribution in [2.45, 2.75) is 20.1 Å². The standard InChI is InChI=1S/C24H19F3N4O4/c1-13-21(23(32)30-19-8-7-15(25)10-14(19)11-28-24(33)34)31-9-3-6-20(22(31)29-13)35-12-16-17(26)4-2-5-18(16)27/h2-10,28H,11-12H2,1H3,(H,30,32)(H,33,34). The SMILES string of the molecule is Cc1nc2c(OCc3c(F)cccc3F)cccn2c1C(=O)Nc1ccc(F)cc1CNC(=O)O. The topological polar surface area (TPSA) is 105 Å². The minimum Gasteiger partial charge on any atom is -0.485 e. The van der Waals surface area contributed by atoms with E-state index in [4.69, 9.17) is 9.84 Å². The molecule has 2 aromatic carbocycles. The fourth-order valence-electron chi connectivity index (χ4n) is 3.55. The predicted octanol–water partition coefficient (Wildman–Crippen LogP) is 4.66. The van der Waals surface area contributed by atoms with E-state index in [0.29, 0.717) is 5.69 Å². The van der Waals surface area contributed by atoms with Gasteiger partial charge in [0.15, 0.2) is 11.4 Å². The average molecular weight is 484 g/mol. The zero-order valence-corrected chi connectivity index (χ0v) is 18.3. The Kier molecular flexibility index (Phi) is 6.58. The van der Waals surface area contributed by atoms with E-state index in [-0.39, 0.29) is 47.1 Å². The summed E-state index contributed by atoms with van der Waals surface area (Å²) < 4.78 is 48.7. The van der Waals surface area contributed by atoms with Crippen molar-refractivity contribution >= 4 is 23.3 Å². The molecule has 2 amide bonds. The highest BCUT2D eigenvalue weighted by atomic mass is 19.1. The van der Waals surface area contributed by atoms with Gasteiger partial charge in [-0.15, -0.1) is 0 Å². The lowest BCUT2D eigenvalue weighted by molar-refractivity contribution is 0.102. The number of aryl methyl sites for hydroxylation is 1. The number of halogens is 3. The summed E-state index contributed by atoms with van der Waals surface area (Å²) in [6.45, 7) is 0.986. The van der Waals surface area contributed by atoms with Crippen molar-refractivity contribution in [3.05, 3.63) is 94.7 Å². The fourth-order valence-corrected chi connectivity index (χ4v) is 3.55.